The largest absolute Gasteiger partial charge is 0.481 e. The zero-order chi connectivity index (χ0) is 39.2. The summed E-state index contributed by atoms with van der Waals surface area (Å²) in [5, 5.41) is 43.1. The molecule has 7 nitrogen and oxygen atoms in total. The summed E-state index contributed by atoms with van der Waals surface area (Å²) < 4.78 is 6.29. The lowest BCUT2D eigenvalue weighted by Crippen LogP contribution is -2.58. The van der Waals surface area contributed by atoms with Gasteiger partial charge >= 0.3 is 11.9 Å². The monoisotopic (exact) mass is 767 g/mol. The van der Waals surface area contributed by atoms with Crippen LogP contribution in [0.5, 0.6) is 0 Å². The van der Waals surface area contributed by atoms with Gasteiger partial charge in [-0.2, -0.15) is 0 Å². The normalized spacial score (nSPS) is 52.7. The molecule has 8 aliphatic carbocycles. The van der Waals surface area contributed by atoms with Crippen molar-refractivity contribution in [2.45, 2.75) is 194 Å². The van der Waals surface area contributed by atoms with Gasteiger partial charge in [0.05, 0.1) is 18.3 Å². The Kier molecular flexibility index (Phi) is 10.9. The second kappa shape index (κ2) is 14.8. The van der Waals surface area contributed by atoms with Crippen molar-refractivity contribution in [3.05, 3.63) is 0 Å². The van der Waals surface area contributed by atoms with Gasteiger partial charge in [-0.1, -0.05) is 41.5 Å². The number of rotatable bonds is 9. The van der Waals surface area contributed by atoms with Gasteiger partial charge in [-0.05, 0) is 208 Å². The molecule has 0 aromatic heterocycles. The van der Waals surface area contributed by atoms with Crippen molar-refractivity contribution in [2.24, 2.45) is 92.7 Å². The third-order valence-electron chi connectivity index (χ3n) is 20.7. The topological polar surface area (TPSA) is 124 Å². The Morgan fingerprint density at radius 2 is 1.02 bits per heavy atom. The summed E-state index contributed by atoms with van der Waals surface area (Å²) in [7, 11) is 0. The molecule has 4 N–H and O–H groups in total. The molecule has 7 heteroatoms. The van der Waals surface area contributed by atoms with Gasteiger partial charge in [0.1, 0.15) is 6.10 Å². The standard InChI is InChI=1S/C48H78O7/c1-27(7-13-43(52)53)33-9-11-36-32-26-42(51)40-24-30(16-20-48(40,6)38(32)18-22-45(33,36)3)55-44(54)14-8-28(2)34-10-12-35-31-25-41(50)39-23-29(49)15-19-47(39,5)37(31)17-21-46(34,35)4/h27-42,49-51H,7-26H2,1-6H3,(H,52,53)/t27-,28-,29+,30-,31?,32+,33-,34-,35?,36+,37?,38+,39?,40?,41-,42+,45-,46-,47-,48-/m1/s1. The highest BCUT2D eigenvalue weighted by molar-refractivity contribution is 5.69. The highest BCUT2D eigenvalue weighted by Gasteiger charge is 2.64. The van der Waals surface area contributed by atoms with E-state index in [9.17, 15) is 30.0 Å². The number of aliphatic hydroxyl groups excluding tert-OH is 3. The quantitative estimate of drug-likeness (QED) is 0.173. The SMILES string of the molecule is C[C@H](CCC(=O)O)[C@H]1CC[C@H]2[C@@H]3C[C@H](O)C4C[C@H](OC(=O)CC[C@@H](C)[C@H]5CCC6C7C[C@@H](O)C8C[C@@H](O)CC[C@]8(C)C7CC[C@@]65C)CC[C@]4(C)[C@H]3CC[C@]12C. The van der Waals surface area contributed by atoms with Gasteiger partial charge in [-0.15, -0.1) is 0 Å². The molecular weight excluding hydrogens is 689 g/mol. The molecule has 8 fully saturated rings. The summed E-state index contributed by atoms with van der Waals surface area (Å²) in [6, 6.07) is 0. The number of aliphatic carboxylic acids is 1. The lowest BCUT2D eigenvalue weighted by Gasteiger charge is -2.62. The summed E-state index contributed by atoms with van der Waals surface area (Å²) in [5.74, 6) is 5.33. The predicted molar refractivity (Wildman–Crippen MR) is 214 cm³/mol. The first-order chi connectivity index (χ1) is 26.0. The molecule has 0 aromatic rings. The molecule has 0 spiro atoms. The minimum atomic E-state index is -0.688. The van der Waals surface area contributed by atoms with Gasteiger partial charge in [0.2, 0.25) is 0 Å². The number of fused-ring (bicyclic) bond motifs is 10. The number of carboxylic acid groups (broad SMARTS) is 1. The molecule has 0 amide bonds. The van der Waals surface area contributed by atoms with Crippen LogP contribution in [-0.2, 0) is 14.3 Å². The van der Waals surface area contributed by atoms with Crippen LogP contribution < -0.4 is 0 Å². The van der Waals surface area contributed by atoms with E-state index in [2.05, 4.69) is 41.5 Å². The smallest absolute Gasteiger partial charge is 0.306 e. The van der Waals surface area contributed by atoms with Crippen LogP contribution in [0.15, 0.2) is 0 Å². The van der Waals surface area contributed by atoms with Crippen molar-refractivity contribution in [1.29, 1.82) is 0 Å². The number of carboxylic acids is 1. The Hall–Kier alpha value is -1.18. The Bertz CT molecular complexity index is 1430. The van der Waals surface area contributed by atoms with Crippen molar-refractivity contribution in [3.63, 3.8) is 0 Å². The van der Waals surface area contributed by atoms with Crippen LogP contribution in [0.1, 0.15) is 170 Å². The Morgan fingerprint density at radius 1 is 0.564 bits per heavy atom. The number of carbonyl (C=O) groups is 2. The van der Waals surface area contributed by atoms with Crippen LogP contribution >= 0.6 is 0 Å². The van der Waals surface area contributed by atoms with Gasteiger partial charge in [0.25, 0.3) is 0 Å². The van der Waals surface area contributed by atoms with E-state index >= 15 is 0 Å². The lowest BCUT2D eigenvalue weighted by molar-refractivity contribution is -0.183. The molecule has 0 aromatic carbocycles. The third-order valence-corrected chi connectivity index (χ3v) is 20.7. The van der Waals surface area contributed by atoms with Crippen molar-refractivity contribution >= 4 is 11.9 Å². The highest BCUT2D eigenvalue weighted by atomic mass is 16.5. The maximum atomic E-state index is 13.5. The van der Waals surface area contributed by atoms with Gasteiger partial charge in [-0.25, -0.2) is 0 Å². The first kappa shape index (κ1) is 40.6. The zero-order valence-electron chi connectivity index (χ0n) is 35.4. The Labute approximate surface area is 332 Å². The summed E-state index contributed by atoms with van der Waals surface area (Å²) in [6.07, 6.45) is 18.3. The van der Waals surface area contributed by atoms with Crippen LogP contribution in [0.2, 0.25) is 0 Å². The molecule has 8 rings (SSSR count). The highest BCUT2D eigenvalue weighted by Crippen LogP contribution is 2.70. The number of aliphatic hydroxyl groups is 3. The minimum Gasteiger partial charge on any atom is -0.481 e. The fourth-order valence-corrected chi connectivity index (χ4v) is 17.9. The first-order valence-electron chi connectivity index (χ1n) is 23.4. The second-order valence-corrected chi connectivity index (χ2v) is 22.8. The van der Waals surface area contributed by atoms with E-state index in [1.807, 2.05) is 0 Å². The van der Waals surface area contributed by atoms with Gasteiger partial charge in [0, 0.05) is 12.8 Å². The molecule has 0 heterocycles. The molecule has 55 heavy (non-hydrogen) atoms. The van der Waals surface area contributed by atoms with Crippen molar-refractivity contribution in [3.8, 4) is 0 Å². The minimum absolute atomic E-state index is 0.0525. The van der Waals surface area contributed by atoms with Gasteiger partial charge in [-0.3, -0.25) is 9.59 Å². The van der Waals surface area contributed by atoms with E-state index in [-0.39, 0.29) is 70.3 Å². The fourth-order valence-electron chi connectivity index (χ4n) is 17.9. The molecule has 5 unspecified atom stereocenters. The van der Waals surface area contributed by atoms with E-state index in [0.29, 0.717) is 65.6 Å². The molecule has 20 atom stereocenters. The van der Waals surface area contributed by atoms with Crippen LogP contribution in [0.25, 0.3) is 0 Å². The number of ether oxygens (including phenoxy) is 1. The maximum absolute atomic E-state index is 13.5. The molecule has 8 saturated carbocycles. The molecule has 312 valence electrons. The van der Waals surface area contributed by atoms with Crippen LogP contribution in [-0.4, -0.2) is 56.8 Å². The maximum Gasteiger partial charge on any atom is 0.306 e. The van der Waals surface area contributed by atoms with Crippen molar-refractivity contribution < 1.29 is 34.8 Å². The summed E-state index contributed by atoms with van der Waals surface area (Å²) in [4.78, 5) is 24.9. The third kappa shape index (κ3) is 6.69. The van der Waals surface area contributed by atoms with E-state index < -0.39 is 5.97 Å². The molecule has 0 aliphatic heterocycles. The van der Waals surface area contributed by atoms with E-state index in [0.717, 1.165) is 64.2 Å². The van der Waals surface area contributed by atoms with E-state index in [4.69, 9.17) is 4.74 Å². The second-order valence-electron chi connectivity index (χ2n) is 22.8. The Balaban J connectivity index is 0.844. The zero-order valence-corrected chi connectivity index (χ0v) is 35.4. The average molecular weight is 767 g/mol. The lowest BCUT2D eigenvalue weighted by atomic mass is 9.43. The molecule has 8 aliphatic rings. The summed E-state index contributed by atoms with van der Waals surface area (Å²) >= 11 is 0. The Morgan fingerprint density at radius 3 is 1.55 bits per heavy atom. The van der Waals surface area contributed by atoms with Crippen molar-refractivity contribution in [1.82, 2.24) is 0 Å². The predicted octanol–water partition coefficient (Wildman–Crippen LogP) is 9.44. The van der Waals surface area contributed by atoms with Gasteiger partial charge < -0.3 is 25.2 Å². The van der Waals surface area contributed by atoms with E-state index in [1.54, 1.807) is 0 Å². The van der Waals surface area contributed by atoms with Crippen LogP contribution in [0.3, 0.4) is 0 Å². The first-order valence-corrected chi connectivity index (χ1v) is 23.4. The molecule has 0 radical (unpaired) electrons. The molecular formula is C48H78O7. The number of esters is 1. The molecule has 0 saturated heterocycles. The fraction of sp³-hybridized carbons (Fsp3) is 0.958. The average Bonchev–Trinajstić information content (AvgIpc) is 3.68. The van der Waals surface area contributed by atoms with Crippen molar-refractivity contribution in [2.75, 3.05) is 0 Å². The van der Waals surface area contributed by atoms with Crippen LogP contribution in [0, 0.1) is 92.7 Å². The number of hydrogen-bond acceptors (Lipinski definition) is 6. The summed E-state index contributed by atoms with van der Waals surface area (Å²) in [6.45, 7) is 14.6. The number of carbonyl (C=O) groups excluding carboxylic acids is 1. The van der Waals surface area contributed by atoms with Gasteiger partial charge in [0.15, 0.2) is 0 Å². The summed E-state index contributed by atoms with van der Waals surface area (Å²) in [5.41, 5.74) is 0.720. The molecule has 0 bridgehead atoms. The van der Waals surface area contributed by atoms with Crippen LogP contribution in [0.4, 0.5) is 0 Å². The number of hydrogen-bond donors (Lipinski definition) is 4. The van der Waals surface area contributed by atoms with E-state index in [1.165, 1.54) is 51.4 Å².